The second-order valence-electron chi connectivity index (χ2n) is 4.17. The minimum atomic E-state index is -0.213. The Labute approximate surface area is 103 Å². The van der Waals surface area contributed by atoms with Crippen LogP contribution in [-0.4, -0.2) is 39.3 Å². The number of nitrogens with zero attached hydrogens (tertiary/aromatic N) is 3. The first-order valence-corrected chi connectivity index (χ1v) is 6.46. The molecule has 5 nitrogen and oxygen atoms in total. The minimum Gasteiger partial charge on any atom is -0.392 e. The van der Waals surface area contributed by atoms with E-state index in [1.165, 1.54) is 0 Å². The van der Waals surface area contributed by atoms with E-state index >= 15 is 0 Å². The third kappa shape index (κ3) is 2.38. The van der Waals surface area contributed by atoms with Gasteiger partial charge in [0.15, 0.2) is 0 Å². The summed E-state index contributed by atoms with van der Waals surface area (Å²) in [6.07, 6.45) is 0.612. The van der Waals surface area contributed by atoms with Crippen molar-refractivity contribution in [1.29, 1.82) is 0 Å². The molecular formula is C11H13N3O2S. The summed E-state index contributed by atoms with van der Waals surface area (Å²) in [6, 6.07) is 3.94. The fraction of sp³-hybridized carbons (Fsp3) is 0.455. The highest BCUT2D eigenvalue weighted by Gasteiger charge is 2.22. The molecule has 1 N–H and O–H groups in total. The fourth-order valence-corrected chi connectivity index (χ4v) is 2.62. The SMILES string of the molecule is O[C@@H]1CCN(Cc2nc(-c3cccs3)no2)C1. The standard InChI is InChI=1S/C11H13N3O2S/c15-8-3-4-14(6-8)7-10-12-11(13-16-10)9-2-1-5-17-9/h1-2,5,8,15H,3-4,6-7H2/t8-/m1/s1. The molecule has 2 aromatic rings. The van der Waals surface area contributed by atoms with E-state index in [1.807, 2.05) is 17.5 Å². The zero-order valence-corrected chi connectivity index (χ0v) is 10.1. The number of thiophene rings is 1. The van der Waals surface area contributed by atoms with Crippen LogP contribution in [0, 0.1) is 0 Å². The molecule has 1 aliphatic rings. The summed E-state index contributed by atoms with van der Waals surface area (Å²) in [6.45, 7) is 2.20. The van der Waals surface area contributed by atoms with Crippen molar-refractivity contribution in [3.63, 3.8) is 0 Å². The van der Waals surface area contributed by atoms with E-state index in [4.69, 9.17) is 4.52 Å². The zero-order valence-electron chi connectivity index (χ0n) is 9.24. The summed E-state index contributed by atoms with van der Waals surface area (Å²) in [4.78, 5) is 7.49. The van der Waals surface area contributed by atoms with Gasteiger partial charge in [-0.25, -0.2) is 0 Å². The number of rotatable bonds is 3. The van der Waals surface area contributed by atoms with Crippen LogP contribution in [0.5, 0.6) is 0 Å². The van der Waals surface area contributed by atoms with Gasteiger partial charge in [0.1, 0.15) is 0 Å². The Morgan fingerprint density at radius 2 is 2.53 bits per heavy atom. The molecule has 2 aromatic heterocycles. The first-order valence-electron chi connectivity index (χ1n) is 5.58. The first-order chi connectivity index (χ1) is 8.31. The summed E-state index contributed by atoms with van der Waals surface area (Å²) in [5.74, 6) is 1.26. The Bertz CT molecular complexity index is 483. The van der Waals surface area contributed by atoms with Gasteiger partial charge in [-0.3, -0.25) is 4.90 Å². The molecule has 17 heavy (non-hydrogen) atoms. The molecule has 3 rings (SSSR count). The van der Waals surface area contributed by atoms with Gasteiger partial charge in [-0.15, -0.1) is 11.3 Å². The lowest BCUT2D eigenvalue weighted by Gasteiger charge is -2.10. The maximum absolute atomic E-state index is 9.43. The fourth-order valence-electron chi connectivity index (χ4n) is 1.97. The Kier molecular flexibility index (Phi) is 2.92. The molecule has 0 bridgehead atoms. The molecule has 0 spiro atoms. The highest BCUT2D eigenvalue weighted by molar-refractivity contribution is 7.13. The summed E-state index contributed by atoms with van der Waals surface area (Å²) >= 11 is 1.59. The molecule has 3 heterocycles. The van der Waals surface area contributed by atoms with Crippen molar-refractivity contribution < 1.29 is 9.63 Å². The number of aromatic nitrogens is 2. The van der Waals surface area contributed by atoms with Gasteiger partial charge in [-0.05, 0) is 17.9 Å². The number of aliphatic hydroxyl groups is 1. The Balaban J connectivity index is 1.69. The average molecular weight is 251 g/mol. The molecule has 0 aromatic carbocycles. The number of hydrogen-bond donors (Lipinski definition) is 1. The molecule has 1 fully saturated rings. The molecule has 0 saturated carbocycles. The molecule has 0 unspecified atom stereocenters. The highest BCUT2D eigenvalue weighted by atomic mass is 32.1. The summed E-state index contributed by atoms with van der Waals surface area (Å²) in [5, 5.41) is 15.4. The van der Waals surface area contributed by atoms with Gasteiger partial charge in [-0.1, -0.05) is 11.2 Å². The van der Waals surface area contributed by atoms with E-state index in [1.54, 1.807) is 11.3 Å². The van der Waals surface area contributed by atoms with Crippen LogP contribution < -0.4 is 0 Å². The zero-order chi connectivity index (χ0) is 11.7. The van der Waals surface area contributed by atoms with Crippen LogP contribution >= 0.6 is 11.3 Å². The van der Waals surface area contributed by atoms with Crippen molar-refractivity contribution in [3.05, 3.63) is 23.4 Å². The maximum atomic E-state index is 9.43. The largest absolute Gasteiger partial charge is 0.392 e. The number of likely N-dealkylation sites (tertiary alicyclic amines) is 1. The quantitative estimate of drug-likeness (QED) is 0.892. The van der Waals surface area contributed by atoms with E-state index < -0.39 is 0 Å². The normalized spacial score (nSPS) is 21.1. The topological polar surface area (TPSA) is 62.4 Å². The minimum absolute atomic E-state index is 0.213. The lowest BCUT2D eigenvalue weighted by atomic mass is 10.3. The lowest BCUT2D eigenvalue weighted by molar-refractivity contribution is 0.169. The Hall–Kier alpha value is -1.24. The van der Waals surface area contributed by atoms with Gasteiger partial charge in [0.25, 0.3) is 0 Å². The predicted molar refractivity (Wildman–Crippen MR) is 63.5 cm³/mol. The number of aliphatic hydroxyl groups excluding tert-OH is 1. The van der Waals surface area contributed by atoms with Crippen LogP contribution in [0.25, 0.3) is 10.7 Å². The average Bonchev–Trinajstić information content (AvgIpc) is 3.00. The molecule has 1 saturated heterocycles. The van der Waals surface area contributed by atoms with Gasteiger partial charge in [0.2, 0.25) is 11.7 Å². The third-order valence-corrected chi connectivity index (χ3v) is 3.68. The summed E-state index contributed by atoms with van der Waals surface area (Å²) in [7, 11) is 0. The van der Waals surface area contributed by atoms with E-state index in [-0.39, 0.29) is 6.10 Å². The van der Waals surface area contributed by atoms with Crippen LogP contribution in [0.1, 0.15) is 12.3 Å². The molecule has 0 amide bonds. The molecule has 0 radical (unpaired) electrons. The van der Waals surface area contributed by atoms with Crippen LogP contribution in [0.4, 0.5) is 0 Å². The van der Waals surface area contributed by atoms with Crippen molar-refractivity contribution in [1.82, 2.24) is 15.0 Å². The lowest BCUT2D eigenvalue weighted by Crippen LogP contribution is -2.21. The van der Waals surface area contributed by atoms with Crippen molar-refractivity contribution >= 4 is 11.3 Å². The van der Waals surface area contributed by atoms with E-state index in [0.717, 1.165) is 17.8 Å². The number of hydrogen-bond acceptors (Lipinski definition) is 6. The van der Waals surface area contributed by atoms with E-state index in [9.17, 15) is 5.11 Å². The van der Waals surface area contributed by atoms with Crippen molar-refractivity contribution in [2.45, 2.75) is 19.1 Å². The van der Waals surface area contributed by atoms with Gasteiger partial charge in [0, 0.05) is 13.1 Å². The molecule has 90 valence electrons. The van der Waals surface area contributed by atoms with Gasteiger partial charge >= 0.3 is 0 Å². The summed E-state index contributed by atoms with van der Waals surface area (Å²) in [5.41, 5.74) is 0. The molecule has 0 aliphatic carbocycles. The van der Waals surface area contributed by atoms with Gasteiger partial charge in [0.05, 0.1) is 17.5 Å². The van der Waals surface area contributed by atoms with Crippen molar-refractivity contribution in [2.24, 2.45) is 0 Å². The first kappa shape index (κ1) is 10.9. The van der Waals surface area contributed by atoms with Gasteiger partial charge < -0.3 is 9.63 Å². The Morgan fingerprint density at radius 3 is 3.24 bits per heavy atom. The monoisotopic (exact) mass is 251 g/mol. The second-order valence-corrected chi connectivity index (χ2v) is 5.11. The van der Waals surface area contributed by atoms with Crippen LogP contribution in [-0.2, 0) is 6.54 Å². The smallest absolute Gasteiger partial charge is 0.241 e. The molecule has 6 heteroatoms. The second kappa shape index (κ2) is 4.56. The highest BCUT2D eigenvalue weighted by Crippen LogP contribution is 2.22. The molecular weight excluding hydrogens is 238 g/mol. The van der Waals surface area contributed by atoms with Crippen molar-refractivity contribution in [3.8, 4) is 10.7 Å². The van der Waals surface area contributed by atoms with Crippen molar-refractivity contribution in [2.75, 3.05) is 13.1 Å². The van der Waals surface area contributed by atoms with Crippen LogP contribution in [0.2, 0.25) is 0 Å². The van der Waals surface area contributed by atoms with Crippen LogP contribution in [0.3, 0.4) is 0 Å². The maximum Gasteiger partial charge on any atom is 0.241 e. The predicted octanol–water partition coefficient (Wildman–Crippen LogP) is 1.36. The number of β-amino-alcohol motifs (C(OH)–C–C–N with tert-alkyl or cyclic N) is 1. The Morgan fingerprint density at radius 1 is 1.59 bits per heavy atom. The summed E-state index contributed by atoms with van der Waals surface area (Å²) < 4.78 is 5.21. The molecule has 1 atom stereocenters. The third-order valence-electron chi connectivity index (χ3n) is 2.82. The van der Waals surface area contributed by atoms with Crippen LogP contribution in [0.15, 0.2) is 22.0 Å². The van der Waals surface area contributed by atoms with E-state index in [2.05, 4.69) is 15.0 Å². The molecule has 1 aliphatic heterocycles. The van der Waals surface area contributed by atoms with E-state index in [0.29, 0.717) is 24.8 Å². The van der Waals surface area contributed by atoms with Gasteiger partial charge in [-0.2, -0.15) is 4.98 Å².